The van der Waals surface area contributed by atoms with Crippen molar-refractivity contribution in [1.82, 2.24) is 4.90 Å². The van der Waals surface area contributed by atoms with Gasteiger partial charge in [-0.2, -0.15) is 0 Å². The molecule has 0 saturated heterocycles. The van der Waals surface area contributed by atoms with E-state index in [4.69, 9.17) is 10.2 Å². The van der Waals surface area contributed by atoms with E-state index < -0.39 is 0 Å². The minimum Gasteiger partial charge on any atom is -0.468 e. The third kappa shape index (κ3) is 3.19. The molecule has 1 heterocycles. The molecule has 2 N–H and O–H groups in total. The fourth-order valence-electron chi connectivity index (χ4n) is 1.93. The van der Waals surface area contributed by atoms with E-state index in [0.717, 1.165) is 18.8 Å². The van der Waals surface area contributed by atoms with Gasteiger partial charge >= 0.3 is 0 Å². The van der Waals surface area contributed by atoms with Crippen molar-refractivity contribution in [3.05, 3.63) is 59.5 Å². The van der Waals surface area contributed by atoms with E-state index in [1.54, 1.807) is 6.26 Å². The van der Waals surface area contributed by atoms with Crippen molar-refractivity contribution in [3.8, 4) is 0 Å². The van der Waals surface area contributed by atoms with E-state index in [1.165, 1.54) is 11.1 Å². The number of hydrogen-bond donors (Lipinski definition) is 1. The molecule has 0 spiro atoms. The number of nitrogens with two attached hydrogens (primary N) is 1. The van der Waals surface area contributed by atoms with Crippen LogP contribution in [0.2, 0.25) is 0 Å². The Hall–Kier alpha value is -1.58. The monoisotopic (exact) mass is 230 g/mol. The highest BCUT2D eigenvalue weighted by molar-refractivity contribution is 5.26. The second kappa shape index (κ2) is 5.66. The van der Waals surface area contributed by atoms with Crippen LogP contribution in [0, 0.1) is 0 Å². The van der Waals surface area contributed by atoms with E-state index in [0.29, 0.717) is 6.54 Å². The SMILES string of the molecule is CN(Cc1ccco1)Cc1ccccc1CN. The first-order valence-electron chi connectivity index (χ1n) is 5.77. The van der Waals surface area contributed by atoms with Gasteiger partial charge in [-0.15, -0.1) is 0 Å². The lowest BCUT2D eigenvalue weighted by molar-refractivity contribution is 0.287. The van der Waals surface area contributed by atoms with Crippen LogP contribution in [-0.4, -0.2) is 11.9 Å². The molecular weight excluding hydrogens is 212 g/mol. The molecule has 0 radical (unpaired) electrons. The number of benzene rings is 1. The van der Waals surface area contributed by atoms with Gasteiger partial charge in [0.1, 0.15) is 5.76 Å². The predicted molar refractivity (Wildman–Crippen MR) is 68.2 cm³/mol. The molecule has 2 rings (SSSR count). The Kier molecular flexibility index (Phi) is 3.96. The number of furan rings is 1. The molecule has 2 aromatic rings. The van der Waals surface area contributed by atoms with Crippen LogP contribution < -0.4 is 5.73 Å². The zero-order valence-corrected chi connectivity index (χ0v) is 10.1. The Morgan fingerprint density at radius 3 is 2.47 bits per heavy atom. The molecule has 0 amide bonds. The van der Waals surface area contributed by atoms with Crippen LogP contribution in [0.1, 0.15) is 16.9 Å². The van der Waals surface area contributed by atoms with Crippen molar-refractivity contribution in [2.45, 2.75) is 19.6 Å². The molecular formula is C14H18N2O. The van der Waals surface area contributed by atoms with Crippen molar-refractivity contribution in [2.24, 2.45) is 5.73 Å². The fraction of sp³-hybridized carbons (Fsp3) is 0.286. The van der Waals surface area contributed by atoms with Gasteiger partial charge in [0.05, 0.1) is 12.8 Å². The van der Waals surface area contributed by atoms with Gasteiger partial charge in [-0.25, -0.2) is 0 Å². The second-order valence-electron chi connectivity index (χ2n) is 4.22. The molecule has 3 heteroatoms. The third-order valence-corrected chi connectivity index (χ3v) is 2.78. The summed E-state index contributed by atoms with van der Waals surface area (Å²) < 4.78 is 5.33. The van der Waals surface area contributed by atoms with Crippen molar-refractivity contribution in [1.29, 1.82) is 0 Å². The Bertz CT molecular complexity index is 451. The average Bonchev–Trinajstić information content (AvgIpc) is 2.82. The van der Waals surface area contributed by atoms with Crippen LogP contribution in [0.3, 0.4) is 0 Å². The maximum absolute atomic E-state index is 5.73. The molecule has 3 nitrogen and oxygen atoms in total. The van der Waals surface area contributed by atoms with Gasteiger partial charge in [-0.3, -0.25) is 4.90 Å². The number of nitrogens with zero attached hydrogens (tertiary/aromatic N) is 1. The van der Waals surface area contributed by atoms with Gasteiger partial charge in [0, 0.05) is 13.1 Å². The van der Waals surface area contributed by atoms with Crippen LogP contribution >= 0.6 is 0 Å². The zero-order valence-electron chi connectivity index (χ0n) is 10.1. The Balaban J connectivity index is 2.00. The Morgan fingerprint density at radius 2 is 1.82 bits per heavy atom. The van der Waals surface area contributed by atoms with E-state index in [2.05, 4.69) is 30.1 Å². The summed E-state index contributed by atoms with van der Waals surface area (Å²) in [7, 11) is 2.08. The summed E-state index contributed by atoms with van der Waals surface area (Å²) in [5.74, 6) is 0.984. The smallest absolute Gasteiger partial charge is 0.117 e. The first kappa shape index (κ1) is 11.9. The molecule has 0 bridgehead atoms. The highest BCUT2D eigenvalue weighted by atomic mass is 16.3. The van der Waals surface area contributed by atoms with Crippen LogP contribution in [0.5, 0.6) is 0 Å². The van der Waals surface area contributed by atoms with Crippen LogP contribution in [0.4, 0.5) is 0 Å². The maximum atomic E-state index is 5.73. The van der Waals surface area contributed by atoms with E-state index in [1.807, 2.05) is 18.2 Å². The summed E-state index contributed by atoms with van der Waals surface area (Å²) in [6, 6.07) is 12.2. The summed E-state index contributed by atoms with van der Waals surface area (Å²) >= 11 is 0. The van der Waals surface area contributed by atoms with Gasteiger partial charge in [-0.05, 0) is 30.3 Å². The van der Waals surface area contributed by atoms with Gasteiger partial charge in [0.2, 0.25) is 0 Å². The highest BCUT2D eigenvalue weighted by Crippen LogP contribution is 2.12. The van der Waals surface area contributed by atoms with Crippen molar-refractivity contribution >= 4 is 0 Å². The van der Waals surface area contributed by atoms with Crippen molar-refractivity contribution < 1.29 is 4.42 Å². The average molecular weight is 230 g/mol. The van der Waals surface area contributed by atoms with E-state index >= 15 is 0 Å². The summed E-state index contributed by atoms with van der Waals surface area (Å²) in [6.45, 7) is 2.28. The molecule has 0 atom stereocenters. The van der Waals surface area contributed by atoms with E-state index in [-0.39, 0.29) is 0 Å². The highest BCUT2D eigenvalue weighted by Gasteiger charge is 2.06. The van der Waals surface area contributed by atoms with Gasteiger partial charge in [-0.1, -0.05) is 24.3 Å². The van der Waals surface area contributed by atoms with Crippen molar-refractivity contribution in [3.63, 3.8) is 0 Å². The van der Waals surface area contributed by atoms with E-state index in [9.17, 15) is 0 Å². The maximum Gasteiger partial charge on any atom is 0.117 e. The first-order chi connectivity index (χ1) is 8.29. The molecule has 0 fully saturated rings. The second-order valence-corrected chi connectivity index (χ2v) is 4.22. The predicted octanol–water partition coefficient (Wildman–Crippen LogP) is 2.37. The van der Waals surface area contributed by atoms with Gasteiger partial charge in [0.15, 0.2) is 0 Å². The molecule has 90 valence electrons. The normalized spacial score (nSPS) is 11.0. The minimum absolute atomic E-state index is 0.588. The molecule has 1 aromatic carbocycles. The molecule has 1 aromatic heterocycles. The molecule has 0 aliphatic carbocycles. The molecule has 0 aliphatic heterocycles. The Morgan fingerprint density at radius 1 is 1.06 bits per heavy atom. The van der Waals surface area contributed by atoms with Crippen molar-refractivity contribution in [2.75, 3.05) is 7.05 Å². The summed E-state index contributed by atoms with van der Waals surface area (Å²) in [6.07, 6.45) is 1.71. The summed E-state index contributed by atoms with van der Waals surface area (Å²) in [4.78, 5) is 2.22. The van der Waals surface area contributed by atoms with Crippen LogP contribution in [0.15, 0.2) is 47.1 Å². The molecule has 0 saturated carbocycles. The van der Waals surface area contributed by atoms with Crippen LogP contribution in [-0.2, 0) is 19.6 Å². The minimum atomic E-state index is 0.588. The topological polar surface area (TPSA) is 42.4 Å². The molecule has 0 unspecified atom stereocenters. The Labute approximate surface area is 102 Å². The number of hydrogen-bond acceptors (Lipinski definition) is 3. The molecule has 17 heavy (non-hydrogen) atoms. The fourth-order valence-corrected chi connectivity index (χ4v) is 1.93. The molecule has 0 aliphatic rings. The summed E-state index contributed by atoms with van der Waals surface area (Å²) in [5, 5.41) is 0. The lowest BCUT2D eigenvalue weighted by Crippen LogP contribution is -2.18. The largest absolute Gasteiger partial charge is 0.468 e. The third-order valence-electron chi connectivity index (χ3n) is 2.78. The van der Waals surface area contributed by atoms with Crippen LogP contribution in [0.25, 0.3) is 0 Å². The summed E-state index contributed by atoms with van der Waals surface area (Å²) in [5.41, 5.74) is 8.21. The lowest BCUT2D eigenvalue weighted by Gasteiger charge is -2.17. The van der Waals surface area contributed by atoms with Gasteiger partial charge < -0.3 is 10.2 Å². The standard InChI is InChI=1S/C14H18N2O/c1-16(11-14-7-4-8-17-14)10-13-6-3-2-5-12(13)9-15/h2-8H,9-11,15H2,1H3. The van der Waals surface area contributed by atoms with Gasteiger partial charge in [0.25, 0.3) is 0 Å². The zero-order chi connectivity index (χ0) is 12.1. The number of rotatable bonds is 5. The lowest BCUT2D eigenvalue weighted by atomic mass is 10.1. The quantitative estimate of drug-likeness (QED) is 0.857. The first-order valence-corrected chi connectivity index (χ1v) is 5.77.